The molecule has 0 amide bonds. The Morgan fingerprint density at radius 3 is 2.23 bits per heavy atom. The molecule has 164 valence electrons. The van der Waals surface area contributed by atoms with Gasteiger partial charge in [0.05, 0.1) is 0 Å². The number of allylic oxidation sites excluding steroid dienone is 8. The fourth-order valence-corrected chi connectivity index (χ4v) is 3.60. The Morgan fingerprint density at radius 1 is 1.13 bits per heavy atom. The van der Waals surface area contributed by atoms with Crippen molar-refractivity contribution in [3.63, 3.8) is 0 Å². The second-order valence-corrected chi connectivity index (χ2v) is 17.6. The molecule has 0 radical (unpaired) electrons. The average Bonchev–Trinajstić information content (AvgIpc) is 3.19. The van der Waals surface area contributed by atoms with Crippen molar-refractivity contribution in [2.75, 3.05) is 0 Å². The molecule has 0 heterocycles. The van der Waals surface area contributed by atoms with Gasteiger partial charge >= 0.3 is 41.9 Å². The SMILES string of the molecule is CC1=[C-]C(C)C(C)=C1C.C[Si](C)=[Zr+2].S=C1CC=CC=C1c1c[cH-]c2ccccc12.[Cl-].[Cl-]. The molecular formula is C26H30Cl2SSiZr-2. The van der Waals surface area contributed by atoms with E-state index in [1.165, 1.54) is 38.6 Å². The van der Waals surface area contributed by atoms with Gasteiger partial charge in [-0.3, -0.25) is 6.08 Å². The third-order valence-corrected chi connectivity index (χ3v) is 5.60. The van der Waals surface area contributed by atoms with Crippen molar-refractivity contribution in [2.24, 2.45) is 5.92 Å². The Morgan fingerprint density at radius 2 is 1.74 bits per heavy atom. The number of hydrogen-bond acceptors (Lipinski definition) is 1. The van der Waals surface area contributed by atoms with Gasteiger partial charge in [0, 0.05) is 11.3 Å². The maximum atomic E-state index is 5.42. The Kier molecular flexibility index (Phi) is 14.4. The Labute approximate surface area is 221 Å². The third-order valence-electron chi connectivity index (χ3n) is 5.21. The zero-order valence-electron chi connectivity index (χ0n) is 19.1. The summed E-state index contributed by atoms with van der Waals surface area (Å²) in [4.78, 5) is 1.04. The minimum Gasteiger partial charge on any atom is -1.00 e. The summed E-state index contributed by atoms with van der Waals surface area (Å²) in [5, 5.41) is 2.59. The molecule has 0 N–H and O–H groups in total. The van der Waals surface area contributed by atoms with E-state index in [4.69, 9.17) is 12.2 Å². The van der Waals surface area contributed by atoms with E-state index in [2.05, 4.69) is 101 Å². The zero-order chi connectivity index (χ0) is 21.6. The standard InChI is InChI=1S/C15H11S.C9H13.C2H6Si.2ClH.Zr/c16-15-8-4-3-7-14(15)13-10-9-11-5-1-2-6-12(11)13;1-6-5-7(2)9(4)8(6)3;1-3-2;;;/h1-7,9-10H,8H2;6H,1-4H3;1-2H3;2*1H;/q2*-1;;;;+2/p-2. The van der Waals surface area contributed by atoms with Crippen LogP contribution >= 0.6 is 12.2 Å². The minimum absolute atomic E-state index is 0. The predicted molar refractivity (Wildman–Crippen MR) is 131 cm³/mol. The summed E-state index contributed by atoms with van der Waals surface area (Å²) in [5.74, 6) is 0.560. The first-order chi connectivity index (χ1) is 13.7. The van der Waals surface area contributed by atoms with Crippen LogP contribution in [0.3, 0.4) is 0 Å². The van der Waals surface area contributed by atoms with Crippen LogP contribution < -0.4 is 24.8 Å². The molecule has 4 rings (SSSR count). The van der Waals surface area contributed by atoms with E-state index in [1.807, 2.05) is 0 Å². The molecule has 1 atom stereocenters. The van der Waals surface area contributed by atoms with E-state index < -0.39 is 0 Å². The van der Waals surface area contributed by atoms with Crippen molar-refractivity contribution in [2.45, 2.75) is 47.2 Å². The summed E-state index contributed by atoms with van der Waals surface area (Å²) in [6, 6.07) is 12.8. The van der Waals surface area contributed by atoms with Gasteiger partial charge in [0.25, 0.3) is 0 Å². The molecule has 0 spiro atoms. The third kappa shape index (κ3) is 8.78. The topological polar surface area (TPSA) is 0 Å². The Bertz CT molecular complexity index is 1040. The van der Waals surface area contributed by atoms with Crippen molar-refractivity contribution >= 4 is 38.9 Å². The van der Waals surface area contributed by atoms with Crippen LogP contribution in [0.1, 0.15) is 39.7 Å². The summed E-state index contributed by atoms with van der Waals surface area (Å²) in [5.41, 5.74) is 6.93. The van der Waals surface area contributed by atoms with Gasteiger partial charge in [0.15, 0.2) is 0 Å². The van der Waals surface area contributed by atoms with Crippen molar-refractivity contribution in [3.8, 4) is 0 Å². The summed E-state index contributed by atoms with van der Waals surface area (Å²) in [6.45, 7) is 13.3. The number of benzene rings is 1. The number of hydrogen-bond donors (Lipinski definition) is 0. The first-order valence-corrected chi connectivity index (χ1v) is 16.7. The van der Waals surface area contributed by atoms with Gasteiger partial charge < -0.3 is 24.8 Å². The second-order valence-electron chi connectivity index (χ2n) is 7.77. The maximum Gasteiger partial charge on any atom is 0.0168 e. The minimum atomic E-state index is 0. The van der Waals surface area contributed by atoms with E-state index in [0.717, 1.165) is 11.3 Å². The van der Waals surface area contributed by atoms with Crippen LogP contribution in [0.2, 0.25) is 13.1 Å². The number of thiocarbonyl (C=S) groups is 1. The predicted octanol–water partition coefficient (Wildman–Crippen LogP) is 1.79. The first-order valence-electron chi connectivity index (χ1n) is 10.1. The molecule has 0 aromatic heterocycles. The maximum absolute atomic E-state index is 5.42. The molecule has 31 heavy (non-hydrogen) atoms. The monoisotopic (exact) mass is 562 g/mol. The molecule has 2 aromatic rings. The Balaban J connectivity index is 0.000000516. The fraction of sp³-hybridized carbons (Fsp3) is 0.308. The quantitative estimate of drug-likeness (QED) is 0.289. The molecule has 0 bridgehead atoms. The Hall–Kier alpha value is -0.440. The fourth-order valence-electron chi connectivity index (χ4n) is 3.33. The van der Waals surface area contributed by atoms with E-state index in [9.17, 15) is 0 Å². The largest absolute Gasteiger partial charge is 1.00 e. The second kappa shape index (κ2) is 14.7. The van der Waals surface area contributed by atoms with E-state index in [-0.39, 0.29) is 30.2 Å². The van der Waals surface area contributed by atoms with Crippen LogP contribution in [0.4, 0.5) is 0 Å². The zero-order valence-corrected chi connectivity index (χ0v) is 24.9. The average molecular weight is 565 g/mol. The van der Waals surface area contributed by atoms with Crippen LogP contribution in [0, 0.1) is 12.0 Å². The summed E-state index contributed by atoms with van der Waals surface area (Å²) < 4.78 is 0. The van der Waals surface area contributed by atoms with Crippen LogP contribution in [0.25, 0.3) is 16.3 Å². The molecule has 0 fully saturated rings. The van der Waals surface area contributed by atoms with Gasteiger partial charge in [-0.15, -0.1) is 53.6 Å². The van der Waals surface area contributed by atoms with Crippen molar-refractivity contribution in [1.29, 1.82) is 0 Å². The molecule has 2 aliphatic rings. The molecule has 1 unspecified atom stereocenters. The molecular weight excluding hydrogens is 535 g/mol. The van der Waals surface area contributed by atoms with Gasteiger partial charge in [0.2, 0.25) is 0 Å². The molecule has 0 aliphatic heterocycles. The smallest absolute Gasteiger partial charge is 0.0168 e. The van der Waals surface area contributed by atoms with Gasteiger partial charge in [-0.1, -0.05) is 68.8 Å². The van der Waals surface area contributed by atoms with Crippen molar-refractivity contribution in [3.05, 3.63) is 83.0 Å². The van der Waals surface area contributed by atoms with Crippen LogP contribution in [-0.2, 0) is 23.3 Å². The van der Waals surface area contributed by atoms with Crippen LogP contribution in [0.15, 0.2) is 71.3 Å². The van der Waals surface area contributed by atoms with Crippen LogP contribution in [0.5, 0.6) is 0 Å². The van der Waals surface area contributed by atoms with Gasteiger partial charge in [-0.05, 0) is 0 Å². The molecule has 0 saturated heterocycles. The summed E-state index contributed by atoms with van der Waals surface area (Å²) in [6.07, 6.45) is 10.6. The number of rotatable bonds is 1. The summed E-state index contributed by atoms with van der Waals surface area (Å²) >= 11 is 7.16. The number of fused-ring (bicyclic) bond motifs is 1. The van der Waals surface area contributed by atoms with E-state index in [0.29, 0.717) is 5.92 Å². The van der Waals surface area contributed by atoms with E-state index in [1.54, 1.807) is 23.3 Å². The normalized spacial score (nSPS) is 16.8. The molecule has 0 nitrogen and oxygen atoms in total. The van der Waals surface area contributed by atoms with Crippen molar-refractivity contribution in [1.82, 2.24) is 0 Å². The molecule has 2 aliphatic carbocycles. The first kappa shape index (κ1) is 30.6. The number of halogens is 2. The van der Waals surface area contributed by atoms with Gasteiger partial charge in [-0.2, -0.15) is 11.1 Å². The molecule has 5 heteroatoms. The molecule has 2 aromatic carbocycles. The van der Waals surface area contributed by atoms with Gasteiger partial charge in [0.1, 0.15) is 0 Å². The van der Waals surface area contributed by atoms with Crippen molar-refractivity contribution < 1.29 is 48.1 Å². The summed E-state index contributed by atoms with van der Waals surface area (Å²) in [7, 11) is 0. The molecule has 0 saturated carbocycles. The van der Waals surface area contributed by atoms with E-state index >= 15 is 0 Å². The van der Waals surface area contributed by atoms with Crippen LogP contribution in [-0.4, -0.2) is 10.3 Å². The van der Waals surface area contributed by atoms with Gasteiger partial charge in [-0.25, -0.2) is 5.57 Å².